The molecule has 2 atom stereocenters. The molecule has 1 N–H and O–H groups in total. The largest absolute Gasteiger partial charge is 0.469 e. The molecule has 0 radical (unpaired) electrons. The monoisotopic (exact) mass is 449 g/mol. The average Bonchev–Trinajstić information content (AvgIpc) is 2.94. The van der Waals surface area contributed by atoms with Crippen LogP contribution in [0.25, 0.3) is 0 Å². The quantitative estimate of drug-likeness (QED) is 0.332. The van der Waals surface area contributed by atoms with Crippen LogP contribution in [0.3, 0.4) is 0 Å². The second-order valence-electron chi connectivity index (χ2n) is 5.83. The van der Waals surface area contributed by atoms with Crippen LogP contribution in [0.2, 0.25) is 0 Å². The van der Waals surface area contributed by atoms with E-state index in [0.717, 1.165) is 12.5 Å². The summed E-state index contributed by atoms with van der Waals surface area (Å²) in [5.41, 5.74) is 0.678. The van der Waals surface area contributed by atoms with Gasteiger partial charge in [-0.15, -0.1) is 24.0 Å². The highest BCUT2D eigenvalue weighted by molar-refractivity contribution is 14.0. The SMILES string of the molecule is CN=C(NCCc1ccccc1F)N1CC(C)C(C(=O)OC)C1.I. The van der Waals surface area contributed by atoms with Crippen LogP contribution in [0, 0.1) is 17.7 Å². The van der Waals surface area contributed by atoms with Crippen molar-refractivity contribution in [2.24, 2.45) is 16.8 Å². The van der Waals surface area contributed by atoms with E-state index in [1.165, 1.54) is 13.2 Å². The molecule has 5 nitrogen and oxygen atoms in total. The van der Waals surface area contributed by atoms with Gasteiger partial charge in [-0.3, -0.25) is 9.79 Å². The summed E-state index contributed by atoms with van der Waals surface area (Å²) in [5.74, 6) is 0.448. The van der Waals surface area contributed by atoms with Gasteiger partial charge in [-0.05, 0) is 24.0 Å². The normalized spacial score (nSPS) is 20.5. The van der Waals surface area contributed by atoms with Gasteiger partial charge in [0.1, 0.15) is 5.82 Å². The number of ether oxygens (including phenoxy) is 1. The predicted molar refractivity (Wildman–Crippen MR) is 103 cm³/mol. The Kier molecular flexibility index (Phi) is 8.44. The fraction of sp³-hybridized carbons (Fsp3) is 0.529. The van der Waals surface area contributed by atoms with Crippen molar-refractivity contribution in [1.29, 1.82) is 0 Å². The van der Waals surface area contributed by atoms with Gasteiger partial charge in [0.2, 0.25) is 0 Å². The third-order valence-electron chi connectivity index (χ3n) is 4.26. The summed E-state index contributed by atoms with van der Waals surface area (Å²) in [5, 5.41) is 3.24. The van der Waals surface area contributed by atoms with Gasteiger partial charge in [-0.2, -0.15) is 0 Å². The summed E-state index contributed by atoms with van der Waals surface area (Å²) in [7, 11) is 3.13. The molecule has 1 heterocycles. The first-order chi connectivity index (χ1) is 11.1. The number of guanidine groups is 1. The molecule has 134 valence electrons. The fourth-order valence-corrected chi connectivity index (χ4v) is 2.94. The number of aliphatic imine (C=N–C) groups is 1. The second-order valence-corrected chi connectivity index (χ2v) is 5.83. The van der Waals surface area contributed by atoms with E-state index in [1.807, 2.05) is 17.9 Å². The van der Waals surface area contributed by atoms with Gasteiger partial charge in [-0.1, -0.05) is 25.1 Å². The first-order valence-corrected chi connectivity index (χ1v) is 7.83. The van der Waals surface area contributed by atoms with E-state index in [-0.39, 0.29) is 47.6 Å². The molecule has 0 aliphatic carbocycles. The maximum Gasteiger partial charge on any atom is 0.310 e. The Morgan fingerprint density at radius 3 is 2.75 bits per heavy atom. The Morgan fingerprint density at radius 1 is 1.42 bits per heavy atom. The Balaban J connectivity index is 0.00000288. The molecule has 2 unspecified atom stereocenters. The number of benzene rings is 1. The van der Waals surface area contributed by atoms with E-state index in [2.05, 4.69) is 10.3 Å². The summed E-state index contributed by atoms with van der Waals surface area (Å²) < 4.78 is 18.5. The van der Waals surface area contributed by atoms with Crippen molar-refractivity contribution in [2.75, 3.05) is 33.8 Å². The van der Waals surface area contributed by atoms with Gasteiger partial charge in [0.15, 0.2) is 5.96 Å². The molecule has 1 saturated heterocycles. The number of nitrogens with zero attached hydrogens (tertiary/aromatic N) is 2. The number of carbonyl (C=O) groups is 1. The van der Waals surface area contributed by atoms with Crippen LogP contribution in [-0.4, -0.2) is 50.6 Å². The highest BCUT2D eigenvalue weighted by Crippen LogP contribution is 2.24. The van der Waals surface area contributed by atoms with Gasteiger partial charge < -0.3 is 15.0 Å². The molecule has 1 aliphatic rings. The van der Waals surface area contributed by atoms with Crippen molar-refractivity contribution >= 4 is 35.9 Å². The van der Waals surface area contributed by atoms with Crippen LogP contribution < -0.4 is 5.32 Å². The first-order valence-electron chi connectivity index (χ1n) is 7.83. The van der Waals surface area contributed by atoms with Gasteiger partial charge in [0, 0.05) is 26.7 Å². The topological polar surface area (TPSA) is 53.9 Å². The number of halogens is 2. The fourth-order valence-electron chi connectivity index (χ4n) is 2.94. The number of carbonyl (C=O) groups excluding carboxylic acids is 1. The number of hydrogen-bond acceptors (Lipinski definition) is 3. The van der Waals surface area contributed by atoms with Crippen LogP contribution >= 0.6 is 24.0 Å². The zero-order valence-corrected chi connectivity index (χ0v) is 16.6. The van der Waals surface area contributed by atoms with Crippen LogP contribution in [-0.2, 0) is 16.0 Å². The van der Waals surface area contributed by atoms with Crippen LogP contribution in [0.15, 0.2) is 29.3 Å². The summed E-state index contributed by atoms with van der Waals surface area (Å²) >= 11 is 0. The minimum atomic E-state index is -0.190. The molecular weight excluding hydrogens is 424 g/mol. The Bertz CT molecular complexity index is 583. The molecule has 2 rings (SSSR count). The van der Waals surface area contributed by atoms with Crippen molar-refractivity contribution in [3.8, 4) is 0 Å². The molecule has 0 saturated carbocycles. The number of nitrogens with one attached hydrogen (secondary N) is 1. The van der Waals surface area contributed by atoms with Crippen molar-refractivity contribution in [2.45, 2.75) is 13.3 Å². The standard InChI is InChI=1S/C17H24FN3O2.HI/c1-12-10-21(11-14(12)16(22)23-3)17(19-2)20-9-8-13-6-4-5-7-15(13)18;/h4-7,12,14H,8-11H2,1-3H3,(H,19,20);1H. The second kappa shape index (κ2) is 9.80. The lowest BCUT2D eigenvalue weighted by molar-refractivity contribution is -0.145. The Morgan fingerprint density at radius 2 is 2.12 bits per heavy atom. The molecular formula is C17H25FIN3O2. The van der Waals surface area contributed by atoms with Crippen LogP contribution in [0.5, 0.6) is 0 Å². The highest BCUT2D eigenvalue weighted by atomic mass is 127. The van der Waals surface area contributed by atoms with E-state index in [4.69, 9.17) is 4.74 Å². The lowest BCUT2D eigenvalue weighted by atomic mass is 9.99. The van der Waals surface area contributed by atoms with Gasteiger partial charge in [0.05, 0.1) is 13.0 Å². The third kappa shape index (κ3) is 5.06. The first kappa shape index (κ1) is 20.7. The Labute approximate surface area is 159 Å². The number of likely N-dealkylation sites (tertiary alicyclic amines) is 1. The Hall–Kier alpha value is -1.38. The zero-order chi connectivity index (χ0) is 16.8. The number of hydrogen-bond donors (Lipinski definition) is 1. The molecule has 0 amide bonds. The van der Waals surface area contributed by atoms with Crippen molar-refractivity contribution < 1.29 is 13.9 Å². The molecule has 0 bridgehead atoms. The van der Waals surface area contributed by atoms with E-state index in [1.54, 1.807) is 19.2 Å². The molecule has 1 aromatic carbocycles. The van der Waals surface area contributed by atoms with Gasteiger partial charge in [0.25, 0.3) is 0 Å². The molecule has 1 fully saturated rings. The maximum absolute atomic E-state index is 13.6. The molecule has 0 spiro atoms. The maximum atomic E-state index is 13.6. The number of rotatable bonds is 4. The lowest BCUT2D eigenvalue weighted by Crippen LogP contribution is -2.41. The number of esters is 1. The number of methoxy groups -OCH3 is 1. The van der Waals surface area contributed by atoms with E-state index in [0.29, 0.717) is 25.1 Å². The minimum absolute atomic E-state index is 0. The van der Waals surface area contributed by atoms with Crippen LogP contribution in [0.4, 0.5) is 4.39 Å². The molecule has 24 heavy (non-hydrogen) atoms. The van der Waals surface area contributed by atoms with Crippen LogP contribution in [0.1, 0.15) is 12.5 Å². The smallest absolute Gasteiger partial charge is 0.310 e. The summed E-state index contributed by atoms with van der Waals surface area (Å²) in [6, 6.07) is 6.76. The average molecular weight is 449 g/mol. The zero-order valence-electron chi connectivity index (χ0n) is 14.3. The highest BCUT2D eigenvalue weighted by Gasteiger charge is 2.36. The summed E-state index contributed by atoms with van der Waals surface area (Å²) in [4.78, 5) is 18.1. The van der Waals surface area contributed by atoms with Crippen molar-refractivity contribution in [1.82, 2.24) is 10.2 Å². The third-order valence-corrected chi connectivity index (χ3v) is 4.26. The van der Waals surface area contributed by atoms with E-state index in [9.17, 15) is 9.18 Å². The van der Waals surface area contributed by atoms with Crippen molar-refractivity contribution in [3.05, 3.63) is 35.6 Å². The predicted octanol–water partition coefficient (Wildman–Crippen LogP) is 2.30. The molecule has 7 heteroatoms. The van der Waals surface area contributed by atoms with E-state index >= 15 is 0 Å². The van der Waals surface area contributed by atoms with E-state index < -0.39 is 0 Å². The molecule has 1 aliphatic heterocycles. The summed E-state index contributed by atoms with van der Waals surface area (Å²) in [6.07, 6.45) is 0.579. The molecule has 0 aromatic heterocycles. The lowest BCUT2D eigenvalue weighted by Gasteiger charge is -2.21. The molecule has 1 aromatic rings. The van der Waals surface area contributed by atoms with Gasteiger partial charge >= 0.3 is 5.97 Å². The van der Waals surface area contributed by atoms with Crippen molar-refractivity contribution in [3.63, 3.8) is 0 Å². The van der Waals surface area contributed by atoms with Gasteiger partial charge in [-0.25, -0.2) is 4.39 Å². The minimum Gasteiger partial charge on any atom is -0.469 e. The summed E-state index contributed by atoms with van der Waals surface area (Å²) in [6.45, 7) is 3.96.